The maximum Gasteiger partial charge on any atom is 0.325 e. The Morgan fingerprint density at radius 3 is 2.17 bits per heavy atom. The zero-order chi connectivity index (χ0) is 16.1. The van der Waals surface area contributed by atoms with Gasteiger partial charge in [-0.3, -0.25) is 9.69 Å². The Labute approximate surface area is 139 Å². The Balaban J connectivity index is 1.40. The van der Waals surface area contributed by atoms with E-state index in [4.69, 9.17) is 4.74 Å². The van der Waals surface area contributed by atoms with E-state index in [1.807, 2.05) is 30.3 Å². The van der Waals surface area contributed by atoms with Gasteiger partial charge in [0, 0.05) is 0 Å². The van der Waals surface area contributed by atoms with Crippen LogP contribution in [0.4, 0.5) is 0 Å². The average molecular weight is 316 g/mol. The van der Waals surface area contributed by atoms with Gasteiger partial charge in [0.25, 0.3) is 0 Å². The Hall–Kier alpha value is -1.39. The van der Waals surface area contributed by atoms with Crippen molar-refractivity contribution < 1.29 is 9.53 Å². The summed E-state index contributed by atoms with van der Waals surface area (Å²) in [6.45, 7) is 4.96. The predicted octanol–water partition coefficient (Wildman–Crippen LogP) is 2.65. The molecule has 2 aliphatic heterocycles. The Kier molecular flexibility index (Phi) is 5.68. The number of ether oxygens (including phenoxy) is 1. The highest BCUT2D eigenvalue weighted by Gasteiger charge is 2.29. The summed E-state index contributed by atoms with van der Waals surface area (Å²) < 4.78 is 5.39. The minimum atomic E-state index is -0.144. The molecule has 0 unspecified atom stereocenters. The monoisotopic (exact) mass is 316 g/mol. The summed E-state index contributed by atoms with van der Waals surface area (Å²) in [5, 5.41) is 0. The summed E-state index contributed by atoms with van der Waals surface area (Å²) in [5.74, 6) is 2.24. The van der Waals surface area contributed by atoms with Gasteiger partial charge in [0.2, 0.25) is 0 Å². The number of rotatable bonds is 4. The standard InChI is InChI=1S/C19H28N2O2/c1-20-11-7-16(8-12-20)17-9-13-21(14-10-17)15-19(22)23-18-5-3-2-4-6-18/h2-6,16-17H,7-15H2,1H3. The number of piperidine rings is 2. The third kappa shape index (κ3) is 4.79. The molecule has 0 aliphatic carbocycles. The number of hydrogen-bond donors (Lipinski definition) is 0. The molecule has 126 valence electrons. The van der Waals surface area contributed by atoms with Crippen molar-refractivity contribution in [2.45, 2.75) is 25.7 Å². The molecule has 4 heteroatoms. The van der Waals surface area contributed by atoms with Crippen LogP contribution in [0, 0.1) is 11.8 Å². The summed E-state index contributed by atoms with van der Waals surface area (Å²) in [6, 6.07) is 9.34. The molecule has 0 saturated carbocycles. The fourth-order valence-corrected chi connectivity index (χ4v) is 3.92. The Morgan fingerprint density at radius 2 is 1.57 bits per heavy atom. The van der Waals surface area contributed by atoms with Crippen LogP contribution < -0.4 is 4.74 Å². The van der Waals surface area contributed by atoms with Crippen LogP contribution >= 0.6 is 0 Å². The number of carbonyl (C=O) groups excluding carboxylic acids is 1. The van der Waals surface area contributed by atoms with E-state index in [0.717, 1.165) is 24.9 Å². The van der Waals surface area contributed by atoms with E-state index in [2.05, 4.69) is 16.8 Å². The molecule has 4 nitrogen and oxygen atoms in total. The second-order valence-corrected chi connectivity index (χ2v) is 7.04. The summed E-state index contributed by atoms with van der Waals surface area (Å²) in [5.41, 5.74) is 0. The molecule has 0 atom stereocenters. The molecule has 0 aromatic heterocycles. The van der Waals surface area contributed by atoms with E-state index in [1.54, 1.807) is 0 Å². The zero-order valence-corrected chi connectivity index (χ0v) is 14.1. The molecule has 1 aromatic rings. The first-order chi connectivity index (χ1) is 11.2. The second-order valence-electron chi connectivity index (χ2n) is 7.04. The van der Waals surface area contributed by atoms with Crippen molar-refractivity contribution in [2.24, 2.45) is 11.8 Å². The van der Waals surface area contributed by atoms with E-state index in [1.165, 1.54) is 38.8 Å². The lowest BCUT2D eigenvalue weighted by atomic mass is 9.79. The molecule has 0 spiro atoms. The molecule has 2 fully saturated rings. The highest BCUT2D eigenvalue weighted by molar-refractivity contribution is 5.74. The molecular formula is C19H28N2O2. The van der Waals surface area contributed by atoms with Gasteiger partial charge in [-0.25, -0.2) is 0 Å². The number of carbonyl (C=O) groups is 1. The van der Waals surface area contributed by atoms with E-state index in [9.17, 15) is 4.79 Å². The van der Waals surface area contributed by atoms with E-state index < -0.39 is 0 Å². The molecule has 3 rings (SSSR count). The summed E-state index contributed by atoms with van der Waals surface area (Å²) in [7, 11) is 2.22. The van der Waals surface area contributed by atoms with Crippen LogP contribution in [0.3, 0.4) is 0 Å². The number of esters is 1. The van der Waals surface area contributed by atoms with Crippen LogP contribution in [0.5, 0.6) is 5.75 Å². The van der Waals surface area contributed by atoms with Crippen molar-refractivity contribution in [1.29, 1.82) is 0 Å². The first kappa shape index (κ1) is 16.5. The number of benzene rings is 1. The molecule has 0 N–H and O–H groups in total. The van der Waals surface area contributed by atoms with Crippen LogP contribution in [-0.2, 0) is 4.79 Å². The molecule has 2 heterocycles. The topological polar surface area (TPSA) is 32.8 Å². The van der Waals surface area contributed by atoms with E-state index in [-0.39, 0.29) is 5.97 Å². The Morgan fingerprint density at radius 1 is 1.00 bits per heavy atom. The van der Waals surface area contributed by atoms with Gasteiger partial charge in [-0.05, 0) is 82.9 Å². The highest BCUT2D eigenvalue weighted by atomic mass is 16.5. The highest BCUT2D eigenvalue weighted by Crippen LogP contribution is 2.32. The molecule has 23 heavy (non-hydrogen) atoms. The maximum atomic E-state index is 12.0. The van der Waals surface area contributed by atoms with Crippen molar-refractivity contribution >= 4 is 5.97 Å². The molecular weight excluding hydrogens is 288 g/mol. The van der Waals surface area contributed by atoms with Gasteiger partial charge in [-0.1, -0.05) is 18.2 Å². The predicted molar refractivity (Wildman–Crippen MR) is 91.5 cm³/mol. The summed E-state index contributed by atoms with van der Waals surface area (Å²) in [6.07, 6.45) is 5.15. The lowest BCUT2D eigenvalue weighted by molar-refractivity contribution is -0.136. The van der Waals surface area contributed by atoms with Crippen molar-refractivity contribution in [2.75, 3.05) is 39.8 Å². The van der Waals surface area contributed by atoms with Crippen LogP contribution in [0.1, 0.15) is 25.7 Å². The van der Waals surface area contributed by atoms with Crippen LogP contribution in [0.15, 0.2) is 30.3 Å². The minimum Gasteiger partial charge on any atom is -0.426 e. The van der Waals surface area contributed by atoms with Crippen LogP contribution in [-0.4, -0.2) is 55.5 Å². The van der Waals surface area contributed by atoms with Gasteiger partial charge in [-0.2, -0.15) is 0 Å². The first-order valence-corrected chi connectivity index (χ1v) is 8.87. The lowest BCUT2D eigenvalue weighted by Gasteiger charge is -2.39. The van der Waals surface area contributed by atoms with Crippen LogP contribution in [0.25, 0.3) is 0 Å². The molecule has 1 aromatic carbocycles. The van der Waals surface area contributed by atoms with Gasteiger partial charge in [0.15, 0.2) is 0 Å². The zero-order valence-electron chi connectivity index (χ0n) is 14.1. The molecule has 0 bridgehead atoms. The minimum absolute atomic E-state index is 0.144. The van der Waals surface area contributed by atoms with Crippen molar-refractivity contribution in [3.63, 3.8) is 0 Å². The number of hydrogen-bond acceptors (Lipinski definition) is 4. The van der Waals surface area contributed by atoms with Gasteiger partial charge >= 0.3 is 5.97 Å². The largest absolute Gasteiger partial charge is 0.426 e. The van der Waals surface area contributed by atoms with Gasteiger partial charge < -0.3 is 9.64 Å². The summed E-state index contributed by atoms with van der Waals surface area (Å²) in [4.78, 5) is 16.7. The quantitative estimate of drug-likeness (QED) is 0.631. The fraction of sp³-hybridized carbons (Fsp3) is 0.632. The fourth-order valence-electron chi connectivity index (χ4n) is 3.92. The lowest BCUT2D eigenvalue weighted by Crippen LogP contribution is -2.42. The molecule has 2 saturated heterocycles. The summed E-state index contributed by atoms with van der Waals surface area (Å²) >= 11 is 0. The van der Waals surface area contributed by atoms with Crippen molar-refractivity contribution in [3.05, 3.63) is 30.3 Å². The third-order valence-electron chi connectivity index (χ3n) is 5.39. The first-order valence-electron chi connectivity index (χ1n) is 8.87. The second kappa shape index (κ2) is 7.93. The van der Waals surface area contributed by atoms with Gasteiger partial charge in [0.05, 0.1) is 6.54 Å². The normalized spacial score (nSPS) is 22.1. The average Bonchev–Trinajstić information content (AvgIpc) is 2.57. The molecule has 0 radical (unpaired) electrons. The molecule has 0 amide bonds. The van der Waals surface area contributed by atoms with E-state index >= 15 is 0 Å². The SMILES string of the molecule is CN1CCC(C2CCN(CC(=O)Oc3ccccc3)CC2)CC1. The smallest absolute Gasteiger partial charge is 0.325 e. The van der Waals surface area contributed by atoms with Crippen molar-refractivity contribution in [1.82, 2.24) is 9.80 Å². The van der Waals surface area contributed by atoms with Gasteiger partial charge in [0.1, 0.15) is 5.75 Å². The van der Waals surface area contributed by atoms with Crippen LogP contribution in [0.2, 0.25) is 0 Å². The van der Waals surface area contributed by atoms with E-state index in [0.29, 0.717) is 12.3 Å². The molecule has 2 aliphatic rings. The number of nitrogens with zero attached hydrogens (tertiary/aromatic N) is 2. The third-order valence-corrected chi connectivity index (χ3v) is 5.39. The number of likely N-dealkylation sites (tertiary alicyclic amines) is 2. The number of para-hydroxylation sites is 1. The Bertz CT molecular complexity index is 489. The maximum absolute atomic E-state index is 12.0. The van der Waals surface area contributed by atoms with Crippen molar-refractivity contribution in [3.8, 4) is 5.75 Å². The van der Waals surface area contributed by atoms with Gasteiger partial charge in [-0.15, -0.1) is 0 Å².